The Hall–Kier alpha value is -3.33. The Bertz CT molecular complexity index is 974. The summed E-state index contributed by atoms with van der Waals surface area (Å²) in [5.74, 6) is 0. The van der Waals surface area contributed by atoms with E-state index in [1.807, 2.05) is 30.3 Å². The predicted octanol–water partition coefficient (Wildman–Crippen LogP) is 4.46. The van der Waals surface area contributed by atoms with E-state index in [1.54, 1.807) is 10.9 Å². The second-order valence-corrected chi connectivity index (χ2v) is 6.64. The molecule has 2 amide bonds. The van der Waals surface area contributed by atoms with Crippen LogP contribution < -0.4 is 10.6 Å². The first-order valence-corrected chi connectivity index (χ1v) is 9.15. The molecule has 158 valence electrons. The van der Waals surface area contributed by atoms with E-state index in [0.29, 0.717) is 17.8 Å². The fourth-order valence-electron chi connectivity index (χ4n) is 2.93. The Morgan fingerprint density at radius 2 is 1.93 bits per heavy atom. The van der Waals surface area contributed by atoms with Crippen molar-refractivity contribution in [3.8, 4) is 0 Å². The van der Waals surface area contributed by atoms with Crippen molar-refractivity contribution in [2.45, 2.75) is 18.8 Å². The van der Waals surface area contributed by atoms with E-state index >= 15 is 0 Å². The molecular formula is C21H21F3N4O2. The van der Waals surface area contributed by atoms with Crippen LogP contribution in [-0.4, -0.2) is 29.5 Å². The molecule has 0 aliphatic heterocycles. The number of rotatable bonds is 7. The summed E-state index contributed by atoms with van der Waals surface area (Å²) in [6.45, 7) is 0.558. The van der Waals surface area contributed by atoms with Gasteiger partial charge in [0.2, 0.25) is 0 Å². The minimum absolute atomic E-state index is 0.0159. The Labute approximate surface area is 171 Å². The number of methoxy groups -OCH3 is 1. The molecule has 0 saturated heterocycles. The molecule has 1 aromatic heterocycles. The standard InChI is InChI=1S/C21H21F3N4O2/c1-30-14-19(16-8-5-9-17(10-16)21(22,23)24)27-20(29)26-18-11-25-28(13-18)12-15-6-3-2-4-7-15/h2-11,13,19H,12,14H2,1H3,(H2,26,27,29). The molecule has 0 aliphatic carbocycles. The zero-order valence-corrected chi connectivity index (χ0v) is 16.2. The van der Waals surface area contributed by atoms with Crippen LogP contribution in [0.25, 0.3) is 0 Å². The van der Waals surface area contributed by atoms with Gasteiger partial charge in [0.05, 0.1) is 36.6 Å². The minimum Gasteiger partial charge on any atom is -0.382 e. The first kappa shape index (κ1) is 21.4. The van der Waals surface area contributed by atoms with Crippen LogP contribution >= 0.6 is 0 Å². The summed E-state index contributed by atoms with van der Waals surface area (Å²) in [6.07, 6.45) is -1.30. The number of hydrogen-bond donors (Lipinski definition) is 2. The van der Waals surface area contributed by atoms with E-state index in [4.69, 9.17) is 4.74 Å². The van der Waals surface area contributed by atoms with Gasteiger partial charge in [0.25, 0.3) is 0 Å². The fraction of sp³-hybridized carbons (Fsp3) is 0.238. The molecule has 1 atom stereocenters. The molecule has 1 unspecified atom stereocenters. The minimum atomic E-state index is -4.47. The summed E-state index contributed by atoms with van der Waals surface area (Å²) in [7, 11) is 1.41. The van der Waals surface area contributed by atoms with Crippen LogP contribution in [0.15, 0.2) is 67.0 Å². The average molecular weight is 418 g/mol. The lowest BCUT2D eigenvalue weighted by atomic mass is 10.0. The average Bonchev–Trinajstić information content (AvgIpc) is 3.14. The highest BCUT2D eigenvalue weighted by molar-refractivity contribution is 5.89. The molecule has 0 bridgehead atoms. The van der Waals surface area contributed by atoms with Crippen molar-refractivity contribution in [1.29, 1.82) is 0 Å². The molecule has 0 fully saturated rings. The summed E-state index contributed by atoms with van der Waals surface area (Å²) in [5, 5.41) is 9.48. The van der Waals surface area contributed by atoms with Crippen LogP contribution in [-0.2, 0) is 17.5 Å². The SMILES string of the molecule is COCC(NC(=O)Nc1cnn(Cc2ccccc2)c1)c1cccc(C(F)(F)F)c1. The summed E-state index contributed by atoms with van der Waals surface area (Å²) < 4.78 is 45.7. The number of amides is 2. The highest BCUT2D eigenvalue weighted by atomic mass is 19.4. The number of nitrogens with zero attached hydrogens (tertiary/aromatic N) is 2. The highest BCUT2D eigenvalue weighted by Crippen LogP contribution is 2.30. The summed E-state index contributed by atoms with van der Waals surface area (Å²) in [6, 6.07) is 13.2. The van der Waals surface area contributed by atoms with E-state index in [1.165, 1.54) is 25.4 Å². The summed E-state index contributed by atoms with van der Waals surface area (Å²) in [4.78, 5) is 12.4. The third-order valence-corrected chi connectivity index (χ3v) is 4.33. The number of alkyl halides is 3. The van der Waals surface area contributed by atoms with Crippen LogP contribution in [0, 0.1) is 0 Å². The topological polar surface area (TPSA) is 68.2 Å². The van der Waals surface area contributed by atoms with E-state index in [9.17, 15) is 18.0 Å². The van der Waals surface area contributed by atoms with E-state index < -0.39 is 23.8 Å². The van der Waals surface area contributed by atoms with Gasteiger partial charge in [0.1, 0.15) is 0 Å². The van der Waals surface area contributed by atoms with Gasteiger partial charge in [-0.15, -0.1) is 0 Å². The highest BCUT2D eigenvalue weighted by Gasteiger charge is 2.31. The van der Waals surface area contributed by atoms with Crippen LogP contribution in [0.4, 0.5) is 23.7 Å². The van der Waals surface area contributed by atoms with E-state index in [0.717, 1.165) is 17.7 Å². The number of aromatic nitrogens is 2. The van der Waals surface area contributed by atoms with Gasteiger partial charge in [-0.2, -0.15) is 18.3 Å². The molecule has 2 aromatic carbocycles. The Balaban J connectivity index is 1.65. The zero-order valence-electron chi connectivity index (χ0n) is 16.2. The van der Waals surface area contributed by atoms with Crippen molar-refractivity contribution < 1.29 is 22.7 Å². The maximum Gasteiger partial charge on any atom is 0.416 e. The Kier molecular flexibility index (Phi) is 6.73. The lowest BCUT2D eigenvalue weighted by Crippen LogP contribution is -2.34. The maximum absolute atomic E-state index is 13.0. The van der Waals surface area contributed by atoms with Gasteiger partial charge in [-0.1, -0.05) is 42.5 Å². The second kappa shape index (κ2) is 9.45. The molecule has 0 saturated carbocycles. The van der Waals surface area contributed by atoms with Crippen molar-refractivity contribution in [3.05, 3.63) is 83.7 Å². The third-order valence-electron chi connectivity index (χ3n) is 4.33. The largest absolute Gasteiger partial charge is 0.416 e. The van der Waals surface area contributed by atoms with Crippen molar-refractivity contribution >= 4 is 11.7 Å². The normalized spacial score (nSPS) is 12.4. The van der Waals surface area contributed by atoms with Gasteiger partial charge < -0.3 is 15.4 Å². The van der Waals surface area contributed by atoms with Crippen molar-refractivity contribution in [3.63, 3.8) is 0 Å². The molecule has 1 heterocycles. The van der Waals surface area contributed by atoms with Crippen molar-refractivity contribution in [2.24, 2.45) is 0 Å². The van der Waals surface area contributed by atoms with Crippen LogP contribution in [0.2, 0.25) is 0 Å². The third kappa shape index (κ3) is 5.84. The number of nitrogens with one attached hydrogen (secondary N) is 2. The zero-order chi connectivity index (χ0) is 21.6. The number of carbonyl (C=O) groups excluding carboxylic acids is 1. The van der Waals surface area contributed by atoms with Crippen LogP contribution in [0.3, 0.4) is 0 Å². The Morgan fingerprint density at radius 1 is 1.17 bits per heavy atom. The van der Waals surface area contributed by atoms with Crippen molar-refractivity contribution in [1.82, 2.24) is 15.1 Å². The molecule has 30 heavy (non-hydrogen) atoms. The van der Waals surface area contributed by atoms with E-state index in [2.05, 4.69) is 15.7 Å². The van der Waals surface area contributed by atoms with Gasteiger partial charge in [-0.3, -0.25) is 4.68 Å². The van der Waals surface area contributed by atoms with Gasteiger partial charge in [-0.05, 0) is 23.3 Å². The first-order chi connectivity index (χ1) is 14.3. The second-order valence-electron chi connectivity index (χ2n) is 6.64. The smallest absolute Gasteiger partial charge is 0.382 e. The van der Waals surface area contributed by atoms with Gasteiger partial charge in [-0.25, -0.2) is 4.79 Å². The molecule has 3 rings (SSSR count). The monoisotopic (exact) mass is 418 g/mol. The molecule has 2 N–H and O–H groups in total. The number of hydrogen-bond acceptors (Lipinski definition) is 3. The summed E-state index contributed by atoms with van der Waals surface area (Å²) >= 11 is 0. The number of carbonyl (C=O) groups is 1. The lowest BCUT2D eigenvalue weighted by molar-refractivity contribution is -0.137. The molecular weight excluding hydrogens is 397 g/mol. The molecule has 9 heteroatoms. The van der Waals surface area contributed by atoms with Gasteiger partial charge in [0, 0.05) is 13.3 Å². The number of halogens is 3. The lowest BCUT2D eigenvalue weighted by Gasteiger charge is -2.19. The number of urea groups is 1. The number of anilines is 1. The van der Waals surface area contributed by atoms with Crippen molar-refractivity contribution in [2.75, 3.05) is 19.0 Å². The fourth-order valence-corrected chi connectivity index (χ4v) is 2.93. The number of benzene rings is 2. The Morgan fingerprint density at radius 3 is 2.63 bits per heavy atom. The molecule has 0 radical (unpaired) electrons. The summed E-state index contributed by atoms with van der Waals surface area (Å²) in [5.41, 5.74) is 1.03. The van der Waals surface area contributed by atoms with Gasteiger partial charge >= 0.3 is 12.2 Å². The van der Waals surface area contributed by atoms with Crippen LogP contribution in [0.1, 0.15) is 22.7 Å². The number of ether oxygens (including phenoxy) is 1. The van der Waals surface area contributed by atoms with Crippen LogP contribution in [0.5, 0.6) is 0 Å². The molecule has 3 aromatic rings. The first-order valence-electron chi connectivity index (χ1n) is 9.15. The van der Waals surface area contributed by atoms with E-state index in [-0.39, 0.29) is 6.61 Å². The molecule has 0 spiro atoms. The van der Waals surface area contributed by atoms with Gasteiger partial charge in [0.15, 0.2) is 0 Å². The maximum atomic E-state index is 13.0. The molecule has 6 nitrogen and oxygen atoms in total. The quantitative estimate of drug-likeness (QED) is 0.595. The molecule has 0 aliphatic rings. The predicted molar refractivity (Wildman–Crippen MR) is 106 cm³/mol.